The lowest BCUT2D eigenvalue weighted by Gasteiger charge is -2.05. The van der Waals surface area contributed by atoms with Crippen molar-refractivity contribution >= 4 is 17.4 Å². The highest BCUT2D eigenvalue weighted by molar-refractivity contribution is 6.31. The molecular formula is C14H9ClF2O. The zero-order valence-electron chi connectivity index (χ0n) is 9.51. The van der Waals surface area contributed by atoms with E-state index in [1.54, 1.807) is 13.0 Å². The van der Waals surface area contributed by atoms with E-state index in [1.807, 2.05) is 0 Å². The van der Waals surface area contributed by atoms with E-state index in [-0.39, 0.29) is 5.56 Å². The fourth-order valence-electron chi connectivity index (χ4n) is 1.59. The lowest BCUT2D eigenvalue weighted by atomic mass is 10.0. The van der Waals surface area contributed by atoms with Crippen LogP contribution in [0.3, 0.4) is 0 Å². The molecule has 0 spiro atoms. The molecule has 0 unspecified atom stereocenters. The molecule has 0 aliphatic rings. The average Bonchev–Trinajstić information content (AvgIpc) is 2.32. The molecule has 2 rings (SSSR count). The highest BCUT2D eigenvalue weighted by Gasteiger charge is 2.19. The Morgan fingerprint density at radius 3 is 2.28 bits per heavy atom. The topological polar surface area (TPSA) is 17.1 Å². The first-order valence-electron chi connectivity index (χ1n) is 5.25. The molecule has 0 fully saturated rings. The molecule has 4 heteroatoms. The highest BCUT2D eigenvalue weighted by Crippen LogP contribution is 2.21. The molecule has 0 radical (unpaired) electrons. The molecule has 0 atom stereocenters. The van der Waals surface area contributed by atoms with E-state index in [2.05, 4.69) is 0 Å². The van der Waals surface area contributed by atoms with Gasteiger partial charge in [-0.05, 0) is 30.7 Å². The zero-order valence-corrected chi connectivity index (χ0v) is 10.3. The molecule has 0 N–H and O–H groups in total. The van der Waals surface area contributed by atoms with Crippen LogP contribution in [0.4, 0.5) is 8.78 Å². The summed E-state index contributed by atoms with van der Waals surface area (Å²) in [7, 11) is 0. The second-order valence-electron chi connectivity index (χ2n) is 3.89. The van der Waals surface area contributed by atoms with E-state index in [1.165, 1.54) is 18.2 Å². The van der Waals surface area contributed by atoms with Crippen molar-refractivity contribution in [3.63, 3.8) is 0 Å². The maximum absolute atomic E-state index is 13.5. The minimum Gasteiger partial charge on any atom is -0.288 e. The summed E-state index contributed by atoms with van der Waals surface area (Å²) < 4.78 is 26.9. The Morgan fingerprint density at radius 2 is 1.72 bits per heavy atom. The van der Waals surface area contributed by atoms with Gasteiger partial charge < -0.3 is 0 Å². The predicted octanol–water partition coefficient (Wildman–Crippen LogP) is 4.16. The molecular weight excluding hydrogens is 258 g/mol. The Kier molecular flexibility index (Phi) is 3.43. The first-order valence-corrected chi connectivity index (χ1v) is 5.63. The molecule has 18 heavy (non-hydrogen) atoms. The largest absolute Gasteiger partial charge is 0.288 e. The van der Waals surface area contributed by atoms with Crippen molar-refractivity contribution in [1.29, 1.82) is 0 Å². The Balaban J connectivity index is 2.51. The number of ketones is 1. The second kappa shape index (κ2) is 4.86. The van der Waals surface area contributed by atoms with E-state index in [0.29, 0.717) is 5.02 Å². The SMILES string of the molecule is Cc1ccc(C(=O)c2c(F)cccc2F)cc1Cl. The lowest BCUT2D eigenvalue weighted by molar-refractivity contribution is 0.103. The minimum atomic E-state index is -0.878. The van der Waals surface area contributed by atoms with E-state index in [9.17, 15) is 13.6 Å². The Bertz CT molecular complexity index is 603. The van der Waals surface area contributed by atoms with E-state index < -0.39 is 23.0 Å². The fraction of sp³-hybridized carbons (Fsp3) is 0.0714. The third-order valence-corrected chi connectivity index (χ3v) is 3.03. The molecule has 0 aromatic heterocycles. The summed E-state index contributed by atoms with van der Waals surface area (Å²) in [6.07, 6.45) is 0. The summed E-state index contributed by atoms with van der Waals surface area (Å²) in [5.41, 5.74) is 0.397. The van der Waals surface area contributed by atoms with Gasteiger partial charge in [-0.1, -0.05) is 29.8 Å². The maximum Gasteiger partial charge on any atom is 0.198 e. The van der Waals surface area contributed by atoms with Gasteiger partial charge >= 0.3 is 0 Å². The average molecular weight is 267 g/mol. The maximum atomic E-state index is 13.5. The third kappa shape index (κ3) is 2.27. The Morgan fingerprint density at radius 1 is 1.11 bits per heavy atom. The number of halogens is 3. The molecule has 0 saturated heterocycles. The fourth-order valence-corrected chi connectivity index (χ4v) is 1.77. The van der Waals surface area contributed by atoms with Gasteiger partial charge in [0.1, 0.15) is 11.6 Å². The summed E-state index contributed by atoms with van der Waals surface area (Å²) in [5.74, 6) is -2.47. The Hall–Kier alpha value is -1.74. The summed E-state index contributed by atoms with van der Waals surface area (Å²) in [6.45, 7) is 1.78. The van der Waals surface area contributed by atoms with Crippen LogP contribution < -0.4 is 0 Å². The van der Waals surface area contributed by atoms with Crippen molar-refractivity contribution in [2.24, 2.45) is 0 Å². The predicted molar refractivity (Wildman–Crippen MR) is 66.0 cm³/mol. The van der Waals surface area contributed by atoms with Crippen LogP contribution in [0.25, 0.3) is 0 Å². The summed E-state index contributed by atoms with van der Waals surface area (Å²) in [6, 6.07) is 7.84. The number of hydrogen-bond acceptors (Lipinski definition) is 1. The van der Waals surface area contributed by atoms with Crippen LogP contribution in [0.5, 0.6) is 0 Å². The second-order valence-corrected chi connectivity index (χ2v) is 4.30. The van der Waals surface area contributed by atoms with Gasteiger partial charge in [-0.2, -0.15) is 0 Å². The van der Waals surface area contributed by atoms with Crippen LogP contribution in [-0.2, 0) is 0 Å². The van der Waals surface area contributed by atoms with Crippen LogP contribution in [0.1, 0.15) is 21.5 Å². The zero-order chi connectivity index (χ0) is 13.3. The van der Waals surface area contributed by atoms with E-state index >= 15 is 0 Å². The summed E-state index contributed by atoms with van der Waals surface area (Å²) >= 11 is 5.89. The number of carbonyl (C=O) groups excluding carboxylic acids is 1. The lowest BCUT2D eigenvalue weighted by Crippen LogP contribution is -2.07. The van der Waals surface area contributed by atoms with E-state index in [4.69, 9.17) is 11.6 Å². The van der Waals surface area contributed by atoms with Crippen molar-refractivity contribution < 1.29 is 13.6 Å². The van der Waals surface area contributed by atoms with Crippen molar-refractivity contribution in [2.45, 2.75) is 6.92 Å². The van der Waals surface area contributed by atoms with Gasteiger partial charge in [-0.3, -0.25) is 4.79 Å². The van der Waals surface area contributed by atoms with Crippen molar-refractivity contribution in [3.8, 4) is 0 Å². The smallest absolute Gasteiger partial charge is 0.198 e. The minimum absolute atomic E-state index is 0.162. The van der Waals surface area contributed by atoms with Gasteiger partial charge in [0, 0.05) is 10.6 Å². The van der Waals surface area contributed by atoms with Crippen LogP contribution in [0.15, 0.2) is 36.4 Å². The Labute approximate surface area is 108 Å². The molecule has 0 aliphatic heterocycles. The van der Waals surface area contributed by atoms with Gasteiger partial charge in [0.05, 0.1) is 5.56 Å². The van der Waals surface area contributed by atoms with Crippen LogP contribution >= 0.6 is 11.6 Å². The number of rotatable bonds is 2. The van der Waals surface area contributed by atoms with Crippen molar-refractivity contribution in [2.75, 3.05) is 0 Å². The molecule has 0 aliphatic carbocycles. The number of carbonyl (C=O) groups is 1. The van der Waals surface area contributed by atoms with Crippen molar-refractivity contribution in [3.05, 3.63) is 69.7 Å². The first-order chi connectivity index (χ1) is 8.50. The quantitative estimate of drug-likeness (QED) is 0.746. The van der Waals surface area contributed by atoms with Gasteiger partial charge in [0.2, 0.25) is 0 Å². The monoisotopic (exact) mass is 266 g/mol. The summed E-state index contributed by atoms with van der Waals surface area (Å²) in [4.78, 5) is 12.0. The molecule has 92 valence electrons. The molecule has 0 amide bonds. The van der Waals surface area contributed by atoms with Crippen LogP contribution in [-0.4, -0.2) is 5.78 Å². The highest BCUT2D eigenvalue weighted by atomic mass is 35.5. The van der Waals surface area contributed by atoms with Gasteiger partial charge in [0.25, 0.3) is 0 Å². The number of aryl methyl sites for hydroxylation is 1. The van der Waals surface area contributed by atoms with Crippen LogP contribution in [0, 0.1) is 18.6 Å². The molecule has 0 heterocycles. The van der Waals surface area contributed by atoms with Crippen LogP contribution in [0.2, 0.25) is 5.02 Å². The van der Waals surface area contributed by atoms with E-state index in [0.717, 1.165) is 17.7 Å². The molecule has 2 aromatic rings. The van der Waals surface area contributed by atoms with Crippen molar-refractivity contribution in [1.82, 2.24) is 0 Å². The third-order valence-electron chi connectivity index (χ3n) is 2.62. The molecule has 1 nitrogen and oxygen atoms in total. The standard InChI is InChI=1S/C14H9ClF2O/c1-8-5-6-9(7-10(8)15)14(18)13-11(16)3-2-4-12(13)17/h2-7H,1H3. The first kappa shape index (κ1) is 12.7. The van der Waals surface area contributed by atoms with Gasteiger partial charge in [0.15, 0.2) is 5.78 Å². The van der Waals surface area contributed by atoms with Gasteiger partial charge in [-0.15, -0.1) is 0 Å². The molecule has 0 saturated carbocycles. The van der Waals surface area contributed by atoms with Gasteiger partial charge in [-0.25, -0.2) is 8.78 Å². The summed E-state index contributed by atoms with van der Waals surface area (Å²) in [5, 5.41) is 0.387. The number of hydrogen-bond donors (Lipinski definition) is 0. The molecule has 0 bridgehead atoms. The molecule has 2 aromatic carbocycles. The number of benzene rings is 2. The normalized spacial score (nSPS) is 10.4.